The molecule has 130 valence electrons. The Hall–Kier alpha value is -2.61. The van der Waals surface area contributed by atoms with Gasteiger partial charge in [-0.25, -0.2) is 4.98 Å². The third-order valence-electron chi connectivity index (χ3n) is 3.78. The van der Waals surface area contributed by atoms with Crippen molar-refractivity contribution in [2.45, 2.75) is 12.5 Å². The molecular formula is C17H19N5O2S. The average molecular weight is 357 g/mol. The van der Waals surface area contributed by atoms with E-state index in [4.69, 9.17) is 4.74 Å². The molecule has 3 rings (SSSR count). The van der Waals surface area contributed by atoms with Gasteiger partial charge in [0.2, 0.25) is 5.88 Å². The van der Waals surface area contributed by atoms with Gasteiger partial charge < -0.3 is 10.1 Å². The van der Waals surface area contributed by atoms with E-state index < -0.39 is 0 Å². The van der Waals surface area contributed by atoms with E-state index in [0.717, 1.165) is 17.8 Å². The molecule has 7 nitrogen and oxygen atoms in total. The van der Waals surface area contributed by atoms with Crippen molar-refractivity contribution in [3.05, 3.63) is 54.1 Å². The highest BCUT2D eigenvalue weighted by Gasteiger charge is 2.22. The van der Waals surface area contributed by atoms with Crippen LogP contribution >= 0.6 is 11.8 Å². The number of aromatic nitrogens is 4. The number of carbonyl (C=O) groups is 1. The number of nitrogens with one attached hydrogen (secondary N) is 1. The maximum atomic E-state index is 12.7. The maximum Gasteiger partial charge on any atom is 0.257 e. The third-order valence-corrected chi connectivity index (χ3v) is 4.42. The summed E-state index contributed by atoms with van der Waals surface area (Å²) < 4.78 is 7.08. The van der Waals surface area contributed by atoms with Crippen molar-refractivity contribution in [3.8, 4) is 5.88 Å². The lowest BCUT2D eigenvalue weighted by Gasteiger charge is -2.17. The summed E-state index contributed by atoms with van der Waals surface area (Å²) in [6.07, 6.45) is 6.26. The monoisotopic (exact) mass is 357 g/mol. The minimum Gasteiger partial charge on any atom is -0.480 e. The van der Waals surface area contributed by atoms with Crippen molar-refractivity contribution in [1.29, 1.82) is 0 Å². The van der Waals surface area contributed by atoms with Crippen LogP contribution in [0.5, 0.6) is 5.88 Å². The Kier molecular flexibility index (Phi) is 5.49. The number of amides is 1. The van der Waals surface area contributed by atoms with Gasteiger partial charge >= 0.3 is 0 Å². The molecule has 0 aliphatic carbocycles. The minimum atomic E-state index is -0.262. The fourth-order valence-corrected chi connectivity index (χ4v) is 3.03. The van der Waals surface area contributed by atoms with Crippen LogP contribution in [-0.4, -0.2) is 44.6 Å². The predicted octanol–water partition coefficient (Wildman–Crippen LogP) is 2.36. The highest BCUT2D eigenvalue weighted by Crippen LogP contribution is 2.20. The van der Waals surface area contributed by atoms with E-state index in [1.54, 1.807) is 30.1 Å². The first-order valence-corrected chi connectivity index (χ1v) is 9.22. The molecule has 1 unspecified atom stereocenters. The van der Waals surface area contributed by atoms with Crippen LogP contribution < -0.4 is 10.1 Å². The van der Waals surface area contributed by atoms with Crippen LogP contribution in [0.3, 0.4) is 0 Å². The maximum absolute atomic E-state index is 12.7. The zero-order valence-corrected chi connectivity index (χ0v) is 14.9. The van der Waals surface area contributed by atoms with E-state index in [1.807, 2.05) is 35.1 Å². The number of nitrogens with zero attached hydrogens (tertiary/aromatic N) is 4. The summed E-state index contributed by atoms with van der Waals surface area (Å²) in [6.45, 7) is 0. The van der Waals surface area contributed by atoms with Crippen molar-refractivity contribution >= 4 is 23.3 Å². The second-order valence-electron chi connectivity index (χ2n) is 5.35. The molecule has 0 aromatic carbocycles. The van der Waals surface area contributed by atoms with Crippen LogP contribution in [0.25, 0.3) is 5.65 Å². The number of thioether (sulfide) groups is 1. The second kappa shape index (κ2) is 7.98. The molecule has 1 amide bonds. The van der Waals surface area contributed by atoms with E-state index in [9.17, 15) is 4.79 Å². The number of hydrogen-bond donors (Lipinski definition) is 1. The molecule has 3 aromatic rings. The van der Waals surface area contributed by atoms with Crippen LogP contribution in [-0.2, 0) is 0 Å². The van der Waals surface area contributed by atoms with Gasteiger partial charge in [-0.1, -0.05) is 6.07 Å². The molecular weight excluding hydrogens is 338 g/mol. The Labute approximate surface area is 149 Å². The molecule has 0 aliphatic rings. The smallest absolute Gasteiger partial charge is 0.257 e. The number of pyridine rings is 2. The molecule has 0 spiro atoms. The molecule has 1 N–H and O–H groups in total. The lowest BCUT2D eigenvalue weighted by molar-refractivity contribution is 0.0930. The van der Waals surface area contributed by atoms with Gasteiger partial charge in [0.25, 0.3) is 5.91 Å². The van der Waals surface area contributed by atoms with E-state index in [1.165, 1.54) is 7.11 Å². The standard InChI is InChI=1S/C17H19N5O2S/c1-24-17-12(6-5-9-18-17)16(23)19-13(8-11-25-2)15-21-20-14-7-3-4-10-22(14)15/h3-7,9-10,13H,8,11H2,1-2H3,(H,19,23). The Balaban J connectivity index is 1.90. The Bertz CT molecular complexity index is 867. The van der Waals surface area contributed by atoms with Gasteiger partial charge in [0.05, 0.1) is 13.2 Å². The molecule has 3 heterocycles. The number of carbonyl (C=O) groups excluding carboxylic acids is 1. The summed E-state index contributed by atoms with van der Waals surface area (Å²) in [5.41, 5.74) is 1.15. The molecule has 0 bridgehead atoms. The average Bonchev–Trinajstić information content (AvgIpc) is 3.09. The predicted molar refractivity (Wildman–Crippen MR) is 97.0 cm³/mol. The zero-order valence-electron chi connectivity index (χ0n) is 14.0. The SMILES string of the molecule is COc1ncccc1C(=O)NC(CCSC)c1nnc2ccccn12. The minimum absolute atomic E-state index is 0.247. The lowest BCUT2D eigenvalue weighted by Crippen LogP contribution is -2.30. The van der Waals surface area contributed by atoms with Gasteiger partial charge in [-0.2, -0.15) is 11.8 Å². The van der Waals surface area contributed by atoms with Crippen LogP contribution in [0.1, 0.15) is 28.6 Å². The first-order chi connectivity index (χ1) is 12.2. The largest absolute Gasteiger partial charge is 0.480 e. The highest BCUT2D eigenvalue weighted by molar-refractivity contribution is 7.98. The van der Waals surface area contributed by atoms with Gasteiger partial charge in [-0.3, -0.25) is 9.20 Å². The Morgan fingerprint density at radius 1 is 1.32 bits per heavy atom. The van der Waals surface area contributed by atoms with Crippen molar-refractivity contribution < 1.29 is 9.53 Å². The summed E-state index contributed by atoms with van der Waals surface area (Å²) in [5.74, 6) is 1.65. The number of fused-ring (bicyclic) bond motifs is 1. The van der Waals surface area contributed by atoms with Crippen molar-refractivity contribution in [3.63, 3.8) is 0 Å². The van der Waals surface area contributed by atoms with Gasteiger partial charge in [0.15, 0.2) is 11.5 Å². The molecule has 0 saturated carbocycles. The van der Waals surface area contributed by atoms with Crippen LogP contribution in [0.4, 0.5) is 0 Å². The van der Waals surface area contributed by atoms with Gasteiger partial charge in [-0.15, -0.1) is 10.2 Å². The molecule has 3 aromatic heterocycles. The number of methoxy groups -OCH3 is 1. The van der Waals surface area contributed by atoms with Gasteiger partial charge in [0.1, 0.15) is 5.56 Å². The fourth-order valence-electron chi connectivity index (χ4n) is 2.56. The molecule has 0 saturated heterocycles. The van der Waals surface area contributed by atoms with Crippen LogP contribution in [0.15, 0.2) is 42.7 Å². The zero-order chi connectivity index (χ0) is 17.6. The molecule has 0 radical (unpaired) electrons. The van der Waals surface area contributed by atoms with E-state index in [2.05, 4.69) is 20.5 Å². The summed E-state index contributed by atoms with van der Waals surface area (Å²) in [5, 5.41) is 11.5. The quantitative estimate of drug-likeness (QED) is 0.699. The van der Waals surface area contributed by atoms with Gasteiger partial charge in [0, 0.05) is 12.4 Å². The van der Waals surface area contributed by atoms with Crippen molar-refractivity contribution in [1.82, 2.24) is 24.9 Å². The third kappa shape index (κ3) is 3.74. The molecule has 0 aliphatic heterocycles. The van der Waals surface area contributed by atoms with Crippen molar-refractivity contribution in [2.24, 2.45) is 0 Å². The first kappa shape index (κ1) is 17.2. The summed E-state index contributed by atoms with van der Waals surface area (Å²) >= 11 is 1.72. The van der Waals surface area contributed by atoms with Crippen LogP contribution in [0.2, 0.25) is 0 Å². The first-order valence-electron chi connectivity index (χ1n) is 7.83. The van der Waals surface area contributed by atoms with E-state index in [0.29, 0.717) is 17.3 Å². The molecule has 25 heavy (non-hydrogen) atoms. The molecule has 1 atom stereocenters. The topological polar surface area (TPSA) is 81.4 Å². The summed E-state index contributed by atoms with van der Waals surface area (Å²) in [7, 11) is 1.50. The Morgan fingerprint density at radius 3 is 3.00 bits per heavy atom. The normalized spacial score (nSPS) is 12.1. The van der Waals surface area contributed by atoms with Crippen LogP contribution in [0, 0.1) is 0 Å². The summed E-state index contributed by atoms with van der Waals surface area (Å²) in [4.78, 5) is 16.8. The van der Waals surface area contributed by atoms with E-state index in [-0.39, 0.29) is 11.9 Å². The molecule has 8 heteroatoms. The number of rotatable bonds is 7. The van der Waals surface area contributed by atoms with Crippen molar-refractivity contribution in [2.75, 3.05) is 19.1 Å². The lowest BCUT2D eigenvalue weighted by atomic mass is 10.1. The molecule has 0 fully saturated rings. The summed E-state index contributed by atoms with van der Waals surface area (Å²) in [6, 6.07) is 8.84. The Morgan fingerprint density at radius 2 is 2.20 bits per heavy atom. The second-order valence-corrected chi connectivity index (χ2v) is 6.34. The number of hydrogen-bond acceptors (Lipinski definition) is 6. The van der Waals surface area contributed by atoms with Gasteiger partial charge in [-0.05, 0) is 42.7 Å². The van der Waals surface area contributed by atoms with E-state index >= 15 is 0 Å². The fraction of sp³-hybridized carbons (Fsp3) is 0.294. The highest BCUT2D eigenvalue weighted by atomic mass is 32.2. The number of ether oxygens (including phenoxy) is 1.